The maximum atomic E-state index is 4.34. The Labute approximate surface area is 148 Å². The monoisotopic (exact) mass is 410 g/mol. The minimum Gasteiger partial charge on any atom is -0.355 e. The zero-order chi connectivity index (χ0) is 15.0. The van der Waals surface area contributed by atoms with Crippen LogP contribution in [-0.4, -0.2) is 49.6 Å². The topological polar surface area (TPSA) is 39.7 Å². The third-order valence-corrected chi connectivity index (χ3v) is 4.19. The van der Waals surface area contributed by atoms with Gasteiger partial charge >= 0.3 is 0 Å². The molecule has 0 saturated carbocycles. The molecule has 1 aliphatic heterocycles. The molecule has 1 rings (SSSR count). The summed E-state index contributed by atoms with van der Waals surface area (Å²) in [5.74, 6) is 1.72. The van der Waals surface area contributed by atoms with E-state index in [0.29, 0.717) is 12.1 Å². The van der Waals surface area contributed by atoms with E-state index in [9.17, 15) is 0 Å². The number of hydrogen-bond donors (Lipinski definition) is 2. The Morgan fingerprint density at radius 3 is 2.57 bits per heavy atom. The average molecular weight is 410 g/mol. The summed E-state index contributed by atoms with van der Waals surface area (Å²) >= 11 is 0. The van der Waals surface area contributed by atoms with Gasteiger partial charge in [0.15, 0.2) is 5.96 Å². The number of guanidine groups is 1. The van der Waals surface area contributed by atoms with Crippen molar-refractivity contribution in [3.8, 4) is 0 Å². The van der Waals surface area contributed by atoms with Crippen molar-refractivity contribution in [2.45, 2.75) is 65.5 Å². The molecule has 0 radical (unpaired) electrons. The van der Waals surface area contributed by atoms with Gasteiger partial charge < -0.3 is 10.6 Å². The van der Waals surface area contributed by atoms with E-state index in [4.69, 9.17) is 0 Å². The summed E-state index contributed by atoms with van der Waals surface area (Å²) in [5, 5.41) is 6.99. The maximum absolute atomic E-state index is 4.34. The van der Waals surface area contributed by atoms with Crippen molar-refractivity contribution >= 4 is 29.9 Å². The van der Waals surface area contributed by atoms with Gasteiger partial charge in [-0.1, -0.05) is 20.8 Å². The first-order valence-electron chi connectivity index (χ1n) is 8.28. The molecule has 1 heterocycles. The molecule has 0 aliphatic carbocycles. The molecule has 2 unspecified atom stereocenters. The lowest BCUT2D eigenvalue weighted by Gasteiger charge is -2.25. The normalized spacial score (nSPS) is 21.2. The number of nitrogens with zero attached hydrogens (tertiary/aromatic N) is 2. The van der Waals surface area contributed by atoms with Crippen molar-refractivity contribution < 1.29 is 0 Å². The van der Waals surface area contributed by atoms with Gasteiger partial charge in [0.05, 0.1) is 0 Å². The van der Waals surface area contributed by atoms with Crippen LogP contribution < -0.4 is 10.6 Å². The van der Waals surface area contributed by atoms with Crippen LogP contribution in [0.4, 0.5) is 0 Å². The fourth-order valence-corrected chi connectivity index (χ4v) is 2.84. The van der Waals surface area contributed by atoms with E-state index >= 15 is 0 Å². The fourth-order valence-electron chi connectivity index (χ4n) is 2.84. The number of halogens is 1. The first-order chi connectivity index (χ1) is 9.56. The third kappa shape index (κ3) is 8.24. The van der Waals surface area contributed by atoms with E-state index < -0.39 is 0 Å². The zero-order valence-electron chi connectivity index (χ0n) is 14.5. The molecular formula is C16H35IN4. The molecule has 0 spiro atoms. The average Bonchev–Trinajstić information content (AvgIpc) is 2.88. The predicted molar refractivity (Wildman–Crippen MR) is 104 cm³/mol. The Kier molecular flexibility index (Phi) is 11.5. The van der Waals surface area contributed by atoms with Crippen LogP contribution in [0.5, 0.6) is 0 Å². The van der Waals surface area contributed by atoms with Crippen LogP contribution in [0.1, 0.15) is 53.4 Å². The minimum atomic E-state index is 0. The van der Waals surface area contributed by atoms with Crippen molar-refractivity contribution in [3.63, 3.8) is 0 Å². The van der Waals surface area contributed by atoms with E-state index in [1.54, 1.807) is 0 Å². The Morgan fingerprint density at radius 1 is 1.29 bits per heavy atom. The lowest BCUT2D eigenvalue weighted by Crippen LogP contribution is -2.47. The number of likely N-dealkylation sites (tertiary alicyclic amines) is 1. The predicted octanol–water partition coefficient (Wildman–Crippen LogP) is 3.08. The van der Waals surface area contributed by atoms with Gasteiger partial charge in [0, 0.05) is 25.7 Å². The fraction of sp³-hybridized carbons (Fsp3) is 0.938. The molecule has 4 nitrogen and oxygen atoms in total. The molecule has 126 valence electrons. The molecule has 2 atom stereocenters. The molecule has 0 bridgehead atoms. The number of nitrogens with one attached hydrogen (secondary N) is 2. The Hall–Kier alpha value is -0.0400. The lowest BCUT2D eigenvalue weighted by molar-refractivity contribution is 0.266. The first kappa shape index (κ1) is 21.0. The Balaban J connectivity index is 0.00000400. The Bertz CT molecular complexity index is 294. The standard InChI is InChI=1S/C16H34N4.HI/c1-6-20-11-7-8-15(20)12-18-16(17-5)19-14(4)10-9-13(2)3;/h13-15H,6-12H2,1-5H3,(H2,17,18,19);1H. The summed E-state index contributed by atoms with van der Waals surface area (Å²) in [6, 6.07) is 1.15. The second-order valence-corrected chi connectivity index (χ2v) is 6.39. The highest BCUT2D eigenvalue weighted by molar-refractivity contribution is 14.0. The first-order valence-corrected chi connectivity index (χ1v) is 8.28. The van der Waals surface area contributed by atoms with E-state index in [0.717, 1.165) is 25.0 Å². The minimum absolute atomic E-state index is 0. The van der Waals surface area contributed by atoms with E-state index in [-0.39, 0.29) is 24.0 Å². The van der Waals surface area contributed by atoms with Crippen molar-refractivity contribution in [3.05, 3.63) is 0 Å². The molecule has 2 N–H and O–H groups in total. The molecule has 0 aromatic carbocycles. The van der Waals surface area contributed by atoms with Gasteiger partial charge in [-0.2, -0.15) is 0 Å². The SMILES string of the molecule is CCN1CCCC1CNC(=NC)NC(C)CCC(C)C.I. The molecule has 21 heavy (non-hydrogen) atoms. The van der Waals surface area contributed by atoms with Crippen LogP contribution in [0.15, 0.2) is 4.99 Å². The summed E-state index contributed by atoms with van der Waals surface area (Å²) in [6.45, 7) is 12.5. The van der Waals surface area contributed by atoms with Crippen LogP contribution in [0, 0.1) is 5.92 Å². The maximum Gasteiger partial charge on any atom is 0.191 e. The van der Waals surface area contributed by atoms with Crippen LogP contribution >= 0.6 is 24.0 Å². The van der Waals surface area contributed by atoms with Gasteiger partial charge in [0.2, 0.25) is 0 Å². The summed E-state index contributed by atoms with van der Waals surface area (Å²) < 4.78 is 0. The van der Waals surface area contributed by atoms with Gasteiger partial charge in [-0.15, -0.1) is 24.0 Å². The molecule has 5 heteroatoms. The second-order valence-electron chi connectivity index (χ2n) is 6.39. The summed E-state index contributed by atoms with van der Waals surface area (Å²) in [5.41, 5.74) is 0. The molecule has 0 aromatic rings. The van der Waals surface area contributed by atoms with E-state index in [2.05, 4.69) is 48.2 Å². The summed E-state index contributed by atoms with van der Waals surface area (Å²) in [4.78, 5) is 6.90. The molecule has 0 aromatic heterocycles. The highest BCUT2D eigenvalue weighted by Gasteiger charge is 2.22. The number of hydrogen-bond acceptors (Lipinski definition) is 2. The van der Waals surface area contributed by atoms with E-state index in [1.807, 2.05) is 7.05 Å². The number of aliphatic imine (C=N–C) groups is 1. The van der Waals surface area contributed by atoms with Crippen molar-refractivity contribution in [2.75, 3.05) is 26.7 Å². The van der Waals surface area contributed by atoms with Crippen LogP contribution in [0.25, 0.3) is 0 Å². The van der Waals surface area contributed by atoms with Gasteiger partial charge in [0.1, 0.15) is 0 Å². The van der Waals surface area contributed by atoms with Crippen LogP contribution in [0.2, 0.25) is 0 Å². The third-order valence-electron chi connectivity index (χ3n) is 4.19. The summed E-state index contributed by atoms with van der Waals surface area (Å²) in [7, 11) is 1.86. The van der Waals surface area contributed by atoms with Crippen molar-refractivity contribution in [1.29, 1.82) is 0 Å². The van der Waals surface area contributed by atoms with Gasteiger partial charge in [-0.25, -0.2) is 0 Å². The quantitative estimate of drug-likeness (QED) is 0.385. The van der Waals surface area contributed by atoms with E-state index in [1.165, 1.54) is 32.2 Å². The zero-order valence-corrected chi connectivity index (χ0v) is 16.8. The molecule has 0 amide bonds. The molecule has 1 aliphatic rings. The second kappa shape index (κ2) is 11.5. The number of likely N-dealkylation sites (N-methyl/N-ethyl adjacent to an activating group) is 1. The van der Waals surface area contributed by atoms with Gasteiger partial charge in [-0.3, -0.25) is 9.89 Å². The lowest BCUT2D eigenvalue weighted by atomic mass is 10.0. The smallest absolute Gasteiger partial charge is 0.191 e. The molecular weight excluding hydrogens is 375 g/mol. The van der Waals surface area contributed by atoms with Crippen molar-refractivity contribution in [2.24, 2.45) is 10.9 Å². The highest BCUT2D eigenvalue weighted by atomic mass is 127. The largest absolute Gasteiger partial charge is 0.355 e. The number of rotatable bonds is 7. The molecule has 1 fully saturated rings. The van der Waals surface area contributed by atoms with Gasteiger partial charge in [-0.05, 0) is 51.6 Å². The summed E-state index contributed by atoms with van der Waals surface area (Å²) in [6.07, 6.45) is 5.10. The Morgan fingerprint density at radius 2 is 2.00 bits per heavy atom. The highest BCUT2D eigenvalue weighted by Crippen LogP contribution is 2.15. The van der Waals surface area contributed by atoms with Crippen LogP contribution in [-0.2, 0) is 0 Å². The molecule has 1 saturated heterocycles. The van der Waals surface area contributed by atoms with Crippen molar-refractivity contribution in [1.82, 2.24) is 15.5 Å². The van der Waals surface area contributed by atoms with Crippen LogP contribution in [0.3, 0.4) is 0 Å². The van der Waals surface area contributed by atoms with Gasteiger partial charge in [0.25, 0.3) is 0 Å².